The van der Waals surface area contributed by atoms with E-state index >= 15 is 0 Å². The number of rotatable bonds is 3. The summed E-state index contributed by atoms with van der Waals surface area (Å²) < 4.78 is 0. The Kier molecular flexibility index (Phi) is 3.75. The van der Waals surface area contributed by atoms with Crippen molar-refractivity contribution in [3.05, 3.63) is 10.6 Å². The van der Waals surface area contributed by atoms with Crippen LogP contribution in [0.2, 0.25) is 0 Å². The summed E-state index contributed by atoms with van der Waals surface area (Å²) in [6.45, 7) is 2.00. The highest BCUT2D eigenvalue weighted by Crippen LogP contribution is 2.32. The Balaban J connectivity index is 1.63. The predicted octanol–water partition coefficient (Wildman–Crippen LogP) is 1.36. The Labute approximate surface area is 126 Å². The number of imide groups is 1. The van der Waals surface area contributed by atoms with Crippen LogP contribution in [0.15, 0.2) is 0 Å². The zero-order valence-corrected chi connectivity index (χ0v) is 12.7. The summed E-state index contributed by atoms with van der Waals surface area (Å²) in [5.74, 6) is -0.260. The van der Waals surface area contributed by atoms with Gasteiger partial charge >= 0.3 is 0 Å². The van der Waals surface area contributed by atoms with E-state index in [0.29, 0.717) is 11.0 Å². The number of carbonyl (C=O) groups is 3. The summed E-state index contributed by atoms with van der Waals surface area (Å²) in [6, 6.07) is 0. The number of aromatic nitrogens is 1. The summed E-state index contributed by atoms with van der Waals surface area (Å²) in [6.07, 6.45) is 3.49. The van der Waals surface area contributed by atoms with E-state index in [1.54, 1.807) is 0 Å². The lowest BCUT2D eigenvalue weighted by Crippen LogP contribution is -2.36. The number of nitrogens with one attached hydrogen (secondary N) is 1. The van der Waals surface area contributed by atoms with Crippen molar-refractivity contribution in [1.29, 1.82) is 0 Å². The lowest BCUT2D eigenvalue weighted by molar-refractivity contribution is -0.141. The maximum atomic E-state index is 11.9. The van der Waals surface area contributed by atoms with E-state index in [2.05, 4.69) is 17.2 Å². The minimum Gasteiger partial charge on any atom is -0.300 e. The second kappa shape index (κ2) is 5.55. The highest BCUT2D eigenvalue weighted by molar-refractivity contribution is 7.15. The first-order valence-corrected chi connectivity index (χ1v) is 7.96. The van der Waals surface area contributed by atoms with Crippen LogP contribution in [0.25, 0.3) is 0 Å². The number of hydrogen-bond acceptors (Lipinski definition) is 5. The number of likely N-dealkylation sites (tertiary alicyclic amines) is 1. The van der Waals surface area contributed by atoms with E-state index in [4.69, 9.17) is 0 Å². The molecular formula is C14H17N3O3S. The number of fused-ring (bicyclic) bond motifs is 1. The highest BCUT2D eigenvalue weighted by Gasteiger charge is 2.30. The van der Waals surface area contributed by atoms with E-state index in [1.807, 2.05) is 0 Å². The smallest absolute Gasteiger partial charge is 0.246 e. The molecule has 6 nitrogen and oxygen atoms in total. The van der Waals surface area contributed by atoms with Crippen molar-refractivity contribution < 1.29 is 14.4 Å². The molecule has 1 N–H and O–H groups in total. The monoisotopic (exact) mass is 307 g/mol. The molecule has 3 amide bonds. The van der Waals surface area contributed by atoms with Gasteiger partial charge in [-0.25, -0.2) is 4.98 Å². The van der Waals surface area contributed by atoms with Gasteiger partial charge in [0.2, 0.25) is 17.7 Å². The number of thiazole rings is 1. The van der Waals surface area contributed by atoms with Crippen LogP contribution in [0.1, 0.15) is 36.8 Å². The van der Waals surface area contributed by atoms with Gasteiger partial charge in [-0.2, -0.15) is 0 Å². The van der Waals surface area contributed by atoms with Gasteiger partial charge in [0.15, 0.2) is 5.13 Å². The van der Waals surface area contributed by atoms with E-state index in [1.165, 1.54) is 16.2 Å². The summed E-state index contributed by atoms with van der Waals surface area (Å²) in [4.78, 5) is 41.6. The average Bonchev–Trinajstić information content (AvgIpc) is 2.95. The van der Waals surface area contributed by atoms with Crippen molar-refractivity contribution >= 4 is 34.2 Å². The normalized spacial score (nSPS) is 21.6. The van der Waals surface area contributed by atoms with E-state index in [-0.39, 0.29) is 37.1 Å². The average molecular weight is 307 g/mol. The van der Waals surface area contributed by atoms with Crippen molar-refractivity contribution in [1.82, 2.24) is 9.88 Å². The molecule has 1 fully saturated rings. The number of amides is 3. The topological polar surface area (TPSA) is 79.4 Å². The molecule has 112 valence electrons. The van der Waals surface area contributed by atoms with E-state index < -0.39 is 0 Å². The van der Waals surface area contributed by atoms with Gasteiger partial charge in [-0.05, 0) is 25.2 Å². The molecule has 0 spiro atoms. The number of carbonyl (C=O) groups excluding carboxylic acids is 3. The molecule has 0 unspecified atom stereocenters. The third-order valence-electron chi connectivity index (χ3n) is 3.89. The second-order valence-electron chi connectivity index (χ2n) is 5.66. The van der Waals surface area contributed by atoms with Crippen LogP contribution in [0.3, 0.4) is 0 Å². The number of hydrogen-bond donors (Lipinski definition) is 1. The first kappa shape index (κ1) is 14.2. The van der Waals surface area contributed by atoms with Gasteiger partial charge < -0.3 is 5.32 Å². The number of nitrogens with zero attached hydrogens (tertiary/aromatic N) is 2. The Morgan fingerprint density at radius 3 is 2.76 bits per heavy atom. The third-order valence-corrected chi connectivity index (χ3v) is 4.92. The SMILES string of the molecule is C[C@H]1CCc2nc(NC(=O)CN3C(=O)CCC3=O)sc2C1. The van der Waals surface area contributed by atoms with Crippen molar-refractivity contribution in [2.75, 3.05) is 11.9 Å². The molecule has 1 aliphatic heterocycles. The molecule has 0 radical (unpaired) electrons. The van der Waals surface area contributed by atoms with Gasteiger partial charge in [0.1, 0.15) is 6.54 Å². The molecule has 0 saturated carbocycles. The van der Waals surface area contributed by atoms with Crippen LogP contribution < -0.4 is 5.32 Å². The van der Waals surface area contributed by atoms with Crippen LogP contribution in [0, 0.1) is 5.92 Å². The van der Waals surface area contributed by atoms with Crippen molar-refractivity contribution in [3.8, 4) is 0 Å². The molecule has 1 aliphatic carbocycles. The predicted molar refractivity (Wildman–Crippen MR) is 77.9 cm³/mol. The van der Waals surface area contributed by atoms with Crippen molar-refractivity contribution in [2.45, 2.75) is 39.0 Å². The molecule has 1 aromatic rings. The Bertz CT molecular complexity index is 595. The quantitative estimate of drug-likeness (QED) is 0.855. The second-order valence-corrected chi connectivity index (χ2v) is 6.74. The fourth-order valence-electron chi connectivity index (χ4n) is 2.69. The first-order chi connectivity index (χ1) is 10.0. The lowest BCUT2D eigenvalue weighted by atomic mass is 9.93. The van der Waals surface area contributed by atoms with Crippen molar-refractivity contribution in [3.63, 3.8) is 0 Å². The number of anilines is 1. The zero-order chi connectivity index (χ0) is 15.0. The Morgan fingerprint density at radius 2 is 2.05 bits per heavy atom. The largest absolute Gasteiger partial charge is 0.300 e. The Hall–Kier alpha value is -1.76. The molecule has 2 aliphatic rings. The third kappa shape index (κ3) is 2.97. The van der Waals surface area contributed by atoms with Crippen LogP contribution in [-0.2, 0) is 27.2 Å². The van der Waals surface area contributed by atoms with Crippen LogP contribution in [-0.4, -0.2) is 34.2 Å². The van der Waals surface area contributed by atoms with Gasteiger partial charge in [0.25, 0.3) is 0 Å². The molecule has 1 aromatic heterocycles. The molecule has 0 aromatic carbocycles. The molecule has 1 saturated heterocycles. The minimum absolute atomic E-state index is 0.204. The Morgan fingerprint density at radius 1 is 1.33 bits per heavy atom. The van der Waals surface area contributed by atoms with Gasteiger partial charge in [-0.1, -0.05) is 6.92 Å². The van der Waals surface area contributed by atoms with Crippen LogP contribution >= 0.6 is 11.3 Å². The van der Waals surface area contributed by atoms with E-state index in [9.17, 15) is 14.4 Å². The van der Waals surface area contributed by atoms with Crippen molar-refractivity contribution in [2.24, 2.45) is 5.92 Å². The number of aryl methyl sites for hydroxylation is 1. The zero-order valence-electron chi connectivity index (χ0n) is 11.8. The van der Waals surface area contributed by atoms with Gasteiger partial charge in [-0.3, -0.25) is 19.3 Å². The highest BCUT2D eigenvalue weighted by atomic mass is 32.1. The molecular weight excluding hydrogens is 290 g/mol. The van der Waals surface area contributed by atoms with Gasteiger partial charge in [0, 0.05) is 17.7 Å². The molecule has 21 heavy (non-hydrogen) atoms. The minimum atomic E-state index is -0.363. The van der Waals surface area contributed by atoms with E-state index in [0.717, 1.165) is 29.9 Å². The molecule has 0 bridgehead atoms. The van der Waals surface area contributed by atoms with Gasteiger partial charge in [-0.15, -0.1) is 11.3 Å². The fourth-order valence-corrected chi connectivity index (χ4v) is 3.88. The summed E-state index contributed by atoms with van der Waals surface area (Å²) >= 11 is 1.50. The molecule has 3 rings (SSSR count). The summed E-state index contributed by atoms with van der Waals surface area (Å²) in [5, 5.41) is 3.27. The first-order valence-electron chi connectivity index (χ1n) is 7.14. The van der Waals surface area contributed by atoms with Crippen LogP contribution in [0.4, 0.5) is 5.13 Å². The molecule has 7 heteroatoms. The summed E-state index contributed by atoms with van der Waals surface area (Å²) in [7, 11) is 0. The molecule has 2 heterocycles. The summed E-state index contributed by atoms with van der Waals surface area (Å²) in [5.41, 5.74) is 1.07. The molecule has 1 atom stereocenters. The maximum Gasteiger partial charge on any atom is 0.246 e. The van der Waals surface area contributed by atoms with Crippen LogP contribution in [0.5, 0.6) is 0 Å². The fraction of sp³-hybridized carbons (Fsp3) is 0.571. The van der Waals surface area contributed by atoms with Gasteiger partial charge in [0.05, 0.1) is 5.69 Å². The maximum absolute atomic E-state index is 11.9. The lowest BCUT2D eigenvalue weighted by Gasteiger charge is -2.15. The standard InChI is InChI=1S/C14H17N3O3S/c1-8-2-3-9-10(6-8)21-14(15-9)16-11(18)7-17-12(19)4-5-13(17)20/h8H,2-7H2,1H3,(H,15,16,18)/t8-/m0/s1.